The highest BCUT2D eigenvalue weighted by molar-refractivity contribution is 5.99. The highest BCUT2D eigenvalue weighted by atomic mass is 19.1. The molecule has 2 aromatic carbocycles. The zero-order valence-electron chi connectivity index (χ0n) is 26.8. The van der Waals surface area contributed by atoms with Crippen molar-refractivity contribution < 1.29 is 18.7 Å². The van der Waals surface area contributed by atoms with Gasteiger partial charge in [0.25, 0.3) is 5.91 Å². The van der Waals surface area contributed by atoms with Crippen molar-refractivity contribution in [1.29, 1.82) is 0 Å². The Morgan fingerprint density at radius 1 is 1.05 bits per heavy atom. The molecule has 0 bridgehead atoms. The summed E-state index contributed by atoms with van der Waals surface area (Å²) < 4.78 is 20.5. The van der Waals surface area contributed by atoms with Gasteiger partial charge in [-0.3, -0.25) is 9.59 Å². The van der Waals surface area contributed by atoms with E-state index >= 15 is 0 Å². The molecule has 7 heteroatoms. The van der Waals surface area contributed by atoms with E-state index in [2.05, 4.69) is 36.5 Å². The van der Waals surface area contributed by atoms with E-state index in [9.17, 15) is 14.0 Å². The molecule has 0 aromatic heterocycles. The van der Waals surface area contributed by atoms with Gasteiger partial charge in [-0.15, -0.1) is 0 Å². The van der Waals surface area contributed by atoms with Gasteiger partial charge in [-0.25, -0.2) is 4.39 Å². The molecule has 0 spiro atoms. The molecule has 1 atom stereocenters. The standard InChI is InChI=1S/C37H50FN3O3/c1-4-17-41(36(43)31-21-27(3)20-30(25-31)35(39)42)18-8-9-19-44-34-24-29(23-33(38)26-34)11-6-7-16-40-37(14-15-37)32-13-10-12-28(5-2)22-32/h10,12-13,20-22,24-26,33,40H,4-9,11,14-19,23H2,1-3H3,(H2,39,42). The molecule has 2 aliphatic carbocycles. The summed E-state index contributed by atoms with van der Waals surface area (Å²) >= 11 is 0. The summed E-state index contributed by atoms with van der Waals surface area (Å²) in [7, 11) is 0. The number of rotatable bonds is 18. The van der Waals surface area contributed by atoms with Crippen LogP contribution in [0.5, 0.6) is 0 Å². The van der Waals surface area contributed by atoms with E-state index < -0.39 is 12.1 Å². The number of carbonyl (C=O) groups is 2. The number of carbonyl (C=O) groups excluding carboxylic acids is 2. The first-order valence-corrected chi connectivity index (χ1v) is 16.5. The first-order chi connectivity index (χ1) is 21.2. The van der Waals surface area contributed by atoms with E-state index in [-0.39, 0.29) is 11.4 Å². The number of primary amides is 1. The number of alkyl halides is 1. The summed E-state index contributed by atoms with van der Waals surface area (Å²) in [6, 6.07) is 14.0. The lowest BCUT2D eigenvalue weighted by Gasteiger charge is -2.23. The van der Waals surface area contributed by atoms with Crippen LogP contribution in [0.15, 0.2) is 65.9 Å². The Hall–Kier alpha value is -3.45. The van der Waals surface area contributed by atoms with Crippen molar-refractivity contribution in [3.8, 4) is 0 Å². The second-order valence-corrected chi connectivity index (χ2v) is 12.4. The van der Waals surface area contributed by atoms with Crippen LogP contribution >= 0.6 is 0 Å². The monoisotopic (exact) mass is 603 g/mol. The van der Waals surface area contributed by atoms with Crippen LogP contribution < -0.4 is 11.1 Å². The molecule has 4 rings (SSSR count). The van der Waals surface area contributed by atoms with Crippen LogP contribution in [0.4, 0.5) is 4.39 Å². The fraction of sp³-hybridized carbons (Fsp3) is 0.514. The lowest BCUT2D eigenvalue weighted by atomic mass is 9.97. The van der Waals surface area contributed by atoms with E-state index in [4.69, 9.17) is 10.5 Å². The third-order valence-corrected chi connectivity index (χ3v) is 8.66. The minimum atomic E-state index is -1.01. The van der Waals surface area contributed by atoms with E-state index in [1.807, 2.05) is 24.8 Å². The molecule has 3 N–H and O–H groups in total. The van der Waals surface area contributed by atoms with Gasteiger partial charge in [0.1, 0.15) is 11.9 Å². The molecule has 0 saturated heterocycles. The van der Waals surface area contributed by atoms with Crippen LogP contribution in [0.25, 0.3) is 0 Å². The van der Waals surface area contributed by atoms with E-state index in [0.29, 0.717) is 43.0 Å². The molecule has 0 aliphatic heterocycles. The van der Waals surface area contributed by atoms with Crippen LogP contribution in [0.2, 0.25) is 0 Å². The minimum absolute atomic E-state index is 0.102. The van der Waals surface area contributed by atoms with Gasteiger partial charge in [-0.05, 0) is 118 Å². The molecule has 1 unspecified atom stereocenters. The number of nitrogens with two attached hydrogens (primary N) is 1. The van der Waals surface area contributed by atoms with Gasteiger partial charge in [0.2, 0.25) is 5.91 Å². The van der Waals surface area contributed by atoms with Crippen molar-refractivity contribution in [1.82, 2.24) is 10.2 Å². The van der Waals surface area contributed by atoms with Crippen molar-refractivity contribution >= 4 is 11.8 Å². The molecule has 44 heavy (non-hydrogen) atoms. The molecule has 2 amide bonds. The fourth-order valence-electron chi connectivity index (χ4n) is 6.06. The minimum Gasteiger partial charge on any atom is -0.494 e. The lowest BCUT2D eigenvalue weighted by molar-refractivity contribution is 0.0748. The summed E-state index contributed by atoms with van der Waals surface area (Å²) in [6.07, 6.45) is 11.8. The number of hydrogen-bond donors (Lipinski definition) is 2. The second kappa shape index (κ2) is 16.0. The Labute approximate surface area is 262 Å². The number of nitrogens with one attached hydrogen (secondary N) is 1. The van der Waals surface area contributed by atoms with Crippen LogP contribution in [-0.2, 0) is 16.7 Å². The molecular formula is C37H50FN3O3. The molecule has 238 valence electrons. The predicted molar refractivity (Wildman–Crippen MR) is 175 cm³/mol. The molecule has 0 heterocycles. The quantitative estimate of drug-likeness (QED) is 0.175. The zero-order chi connectivity index (χ0) is 31.5. The van der Waals surface area contributed by atoms with Crippen molar-refractivity contribution in [2.24, 2.45) is 5.73 Å². The van der Waals surface area contributed by atoms with Gasteiger partial charge in [-0.2, -0.15) is 0 Å². The van der Waals surface area contributed by atoms with E-state index in [0.717, 1.165) is 62.6 Å². The number of nitrogens with zero attached hydrogens (tertiary/aromatic N) is 1. The maximum absolute atomic E-state index is 14.5. The Kier molecular flexibility index (Phi) is 12.2. The Bertz CT molecular complexity index is 1350. The normalized spacial score (nSPS) is 17.0. The molecule has 1 fully saturated rings. The van der Waals surface area contributed by atoms with Crippen molar-refractivity contribution in [3.63, 3.8) is 0 Å². The molecule has 0 radical (unpaired) electrons. The number of unbranched alkanes of at least 4 members (excludes halogenated alkanes) is 2. The van der Waals surface area contributed by atoms with E-state index in [1.165, 1.54) is 24.0 Å². The highest BCUT2D eigenvalue weighted by Gasteiger charge is 2.43. The summed E-state index contributed by atoms with van der Waals surface area (Å²) in [6.45, 7) is 8.73. The first kappa shape index (κ1) is 33.4. The van der Waals surface area contributed by atoms with E-state index in [1.54, 1.807) is 24.3 Å². The third kappa shape index (κ3) is 9.52. The number of allylic oxidation sites excluding steroid dienone is 3. The van der Waals surface area contributed by atoms with Crippen LogP contribution in [0, 0.1) is 6.92 Å². The SMILES string of the molecule is CCCN(CCCCOC1=CC(F)CC(CCCCNC2(c3cccc(CC)c3)CC2)=C1)C(=O)c1cc(C)cc(C(N)=O)c1. The zero-order valence-corrected chi connectivity index (χ0v) is 26.8. The van der Waals surface area contributed by atoms with Crippen LogP contribution in [0.3, 0.4) is 0 Å². The average molecular weight is 604 g/mol. The predicted octanol–water partition coefficient (Wildman–Crippen LogP) is 7.31. The number of aryl methyl sites for hydroxylation is 2. The van der Waals surface area contributed by atoms with Crippen molar-refractivity contribution in [2.75, 3.05) is 26.2 Å². The fourth-order valence-corrected chi connectivity index (χ4v) is 6.06. The Morgan fingerprint density at radius 3 is 2.57 bits per heavy atom. The maximum Gasteiger partial charge on any atom is 0.253 e. The molecular weight excluding hydrogens is 553 g/mol. The highest BCUT2D eigenvalue weighted by Crippen LogP contribution is 2.45. The Morgan fingerprint density at radius 2 is 1.84 bits per heavy atom. The smallest absolute Gasteiger partial charge is 0.253 e. The third-order valence-electron chi connectivity index (χ3n) is 8.66. The number of ether oxygens (including phenoxy) is 1. The van der Waals surface area contributed by atoms with Crippen LogP contribution in [-0.4, -0.2) is 49.1 Å². The first-order valence-electron chi connectivity index (χ1n) is 16.5. The summed E-state index contributed by atoms with van der Waals surface area (Å²) in [5, 5.41) is 3.80. The average Bonchev–Trinajstić information content (AvgIpc) is 3.80. The largest absolute Gasteiger partial charge is 0.494 e. The number of benzene rings is 2. The summed E-state index contributed by atoms with van der Waals surface area (Å²) in [5.41, 5.74) is 11.2. The summed E-state index contributed by atoms with van der Waals surface area (Å²) in [5.74, 6) is -0.0284. The number of halogens is 1. The second-order valence-electron chi connectivity index (χ2n) is 12.4. The van der Waals surface area contributed by atoms with Gasteiger partial charge < -0.3 is 20.7 Å². The van der Waals surface area contributed by atoms with Crippen molar-refractivity contribution in [3.05, 3.63) is 93.8 Å². The molecule has 1 saturated carbocycles. The van der Waals surface area contributed by atoms with Gasteiger partial charge in [0.05, 0.1) is 6.61 Å². The number of amides is 2. The number of hydrogen-bond acceptors (Lipinski definition) is 4. The summed E-state index contributed by atoms with van der Waals surface area (Å²) in [4.78, 5) is 26.7. The van der Waals surface area contributed by atoms with Gasteiger partial charge in [0.15, 0.2) is 0 Å². The molecule has 2 aliphatic rings. The molecule has 6 nitrogen and oxygen atoms in total. The van der Waals surface area contributed by atoms with Gasteiger partial charge in [0, 0.05) is 36.2 Å². The Balaban J connectivity index is 1.17. The molecule has 2 aromatic rings. The van der Waals surface area contributed by atoms with Gasteiger partial charge in [-0.1, -0.05) is 43.7 Å². The maximum atomic E-state index is 14.5. The van der Waals surface area contributed by atoms with Gasteiger partial charge >= 0.3 is 0 Å². The lowest BCUT2D eigenvalue weighted by Crippen LogP contribution is -2.33. The topological polar surface area (TPSA) is 84.7 Å². The van der Waals surface area contributed by atoms with Crippen LogP contribution in [0.1, 0.15) is 109 Å². The van der Waals surface area contributed by atoms with Crippen molar-refractivity contribution in [2.45, 2.75) is 96.7 Å².